The Morgan fingerprint density at radius 3 is 2.63 bits per heavy atom. The number of alkyl halides is 3. The highest BCUT2D eigenvalue weighted by atomic mass is 32.1. The summed E-state index contributed by atoms with van der Waals surface area (Å²) in [6.45, 7) is 7.50. The van der Waals surface area contributed by atoms with Crippen LogP contribution >= 0.6 is 11.3 Å². The number of morpholine rings is 1. The van der Waals surface area contributed by atoms with Gasteiger partial charge in [-0.3, -0.25) is 9.80 Å². The lowest BCUT2D eigenvalue weighted by Gasteiger charge is -2.40. The molecule has 0 spiro atoms. The highest BCUT2D eigenvalue weighted by molar-refractivity contribution is 7.18. The van der Waals surface area contributed by atoms with Gasteiger partial charge in [-0.1, -0.05) is 18.2 Å². The number of piperidine rings is 1. The summed E-state index contributed by atoms with van der Waals surface area (Å²) >= 11 is 1.11. The molecule has 0 saturated carbocycles. The van der Waals surface area contributed by atoms with E-state index in [1.165, 1.54) is 17.5 Å². The lowest BCUT2D eigenvalue weighted by molar-refractivity contribution is -0.126. The second-order valence-electron chi connectivity index (χ2n) is 11.1. The normalized spacial score (nSPS) is 18.8. The summed E-state index contributed by atoms with van der Waals surface area (Å²) in [6.07, 6.45) is 0.873. The molecule has 0 unspecified atom stereocenters. The summed E-state index contributed by atoms with van der Waals surface area (Å²) in [5.74, 6) is 0.741. The van der Waals surface area contributed by atoms with Crippen LogP contribution in [0.5, 0.6) is 0 Å². The summed E-state index contributed by atoms with van der Waals surface area (Å²) in [6, 6.07) is 10.7. The van der Waals surface area contributed by atoms with Crippen molar-refractivity contribution in [3.05, 3.63) is 57.7 Å². The third-order valence-electron chi connectivity index (χ3n) is 8.24. The molecule has 2 aromatic heterocycles. The first-order valence-electron chi connectivity index (χ1n) is 14.2. The monoisotopic (exact) mass is 582 g/mol. The number of benzene rings is 1. The van der Waals surface area contributed by atoms with Crippen LogP contribution in [0.25, 0.3) is 16.3 Å². The van der Waals surface area contributed by atoms with E-state index < -0.39 is 12.6 Å². The molecule has 216 valence electrons. The molecule has 0 N–H and O–H groups in total. The molecule has 0 atom stereocenters. The Balaban J connectivity index is 1.18. The number of nitriles is 1. The Morgan fingerprint density at radius 1 is 1.07 bits per heavy atom. The highest BCUT2D eigenvalue weighted by Gasteiger charge is 2.31. The van der Waals surface area contributed by atoms with Gasteiger partial charge in [0, 0.05) is 68.7 Å². The van der Waals surface area contributed by atoms with Crippen molar-refractivity contribution in [1.29, 1.82) is 5.26 Å². The van der Waals surface area contributed by atoms with Crippen LogP contribution in [-0.2, 0) is 24.1 Å². The molecule has 41 heavy (non-hydrogen) atoms. The maximum Gasteiger partial charge on any atom is 0.393 e. The number of anilines is 1. The predicted molar refractivity (Wildman–Crippen MR) is 154 cm³/mol. The van der Waals surface area contributed by atoms with Crippen LogP contribution in [0, 0.1) is 11.3 Å². The number of aromatic nitrogens is 2. The first kappa shape index (κ1) is 28.1. The molecular weight excluding hydrogens is 549 g/mol. The first-order chi connectivity index (χ1) is 19.8. The summed E-state index contributed by atoms with van der Waals surface area (Å²) in [5.41, 5.74) is 4.42. The van der Waals surface area contributed by atoms with Crippen LogP contribution in [0.15, 0.2) is 36.2 Å². The molecule has 3 aromatic rings. The fourth-order valence-corrected chi connectivity index (χ4v) is 7.16. The van der Waals surface area contributed by atoms with E-state index in [1.807, 2.05) is 6.08 Å². The van der Waals surface area contributed by atoms with Crippen LogP contribution in [0.1, 0.15) is 34.4 Å². The molecule has 0 radical (unpaired) electrons. The minimum absolute atomic E-state index is 0.234. The lowest BCUT2D eigenvalue weighted by atomic mass is 10.0. The lowest BCUT2D eigenvalue weighted by Crippen LogP contribution is -2.48. The fraction of sp³-hybridized carbons (Fsp3) is 0.500. The van der Waals surface area contributed by atoms with Crippen LogP contribution < -0.4 is 4.90 Å². The number of hydrogen-bond acceptors (Lipinski definition) is 8. The number of halogens is 3. The Hall–Kier alpha value is -3.04. The van der Waals surface area contributed by atoms with Gasteiger partial charge < -0.3 is 9.64 Å². The van der Waals surface area contributed by atoms with E-state index in [1.54, 1.807) is 6.07 Å². The summed E-state index contributed by atoms with van der Waals surface area (Å²) in [5, 5.41) is 9.96. The van der Waals surface area contributed by atoms with E-state index in [-0.39, 0.29) is 10.9 Å². The van der Waals surface area contributed by atoms with Gasteiger partial charge in [0.05, 0.1) is 31.1 Å². The predicted octanol–water partition coefficient (Wildman–Crippen LogP) is 5.06. The largest absolute Gasteiger partial charge is 0.393 e. The van der Waals surface area contributed by atoms with Crippen molar-refractivity contribution in [2.45, 2.75) is 44.4 Å². The smallest absolute Gasteiger partial charge is 0.379 e. The van der Waals surface area contributed by atoms with Gasteiger partial charge in [-0.25, -0.2) is 9.97 Å². The SMILES string of the molecule is N#CC1=Cc2cc(CN3CCC(N(CCN4CCOCC4)c4ncnc5sc(CC(F)(F)F)cc45)CC3)ccc2C1. The summed E-state index contributed by atoms with van der Waals surface area (Å²) < 4.78 is 45.0. The van der Waals surface area contributed by atoms with Crippen molar-refractivity contribution in [1.82, 2.24) is 19.8 Å². The Kier molecular flexibility index (Phi) is 8.26. The van der Waals surface area contributed by atoms with Gasteiger partial charge in [0.2, 0.25) is 0 Å². The number of rotatable bonds is 8. The molecule has 6 rings (SSSR count). The molecule has 2 saturated heterocycles. The second-order valence-corrected chi connectivity index (χ2v) is 12.2. The topological polar surface area (TPSA) is 68.5 Å². The molecular formula is C30H33F3N6OS. The van der Waals surface area contributed by atoms with Crippen molar-refractivity contribution < 1.29 is 17.9 Å². The Labute approximate surface area is 241 Å². The van der Waals surface area contributed by atoms with Gasteiger partial charge in [-0.2, -0.15) is 18.4 Å². The first-order valence-corrected chi connectivity index (χ1v) is 15.0. The molecule has 11 heteroatoms. The molecule has 0 bridgehead atoms. The van der Waals surface area contributed by atoms with E-state index in [0.29, 0.717) is 10.2 Å². The summed E-state index contributed by atoms with van der Waals surface area (Å²) in [7, 11) is 0. The van der Waals surface area contributed by atoms with Gasteiger partial charge in [-0.05, 0) is 41.7 Å². The molecule has 1 aromatic carbocycles. The summed E-state index contributed by atoms with van der Waals surface area (Å²) in [4.78, 5) is 17.0. The molecule has 3 aliphatic rings. The van der Waals surface area contributed by atoms with Crippen LogP contribution in [0.4, 0.5) is 19.0 Å². The van der Waals surface area contributed by atoms with Crippen molar-refractivity contribution in [3.8, 4) is 6.07 Å². The number of likely N-dealkylation sites (tertiary alicyclic amines) is 1. The molecule has 4 heterocycles. The average molecular weight is 583 g/mol. The number of fused-ring (bicyclic) bond motifs is 2. The second kappa shape index (κ2) is 12.1. The molecule has 7 nitrogen and oxygen atoms in total. The number of nitrogens with zero attached hydrogens (tertiary/aromatic N) is 6. The third-order valence-corrected chi connectivity index (χ3v) is 9.28. The zero-order valence-electron chi connectivity index (χ0n) is 22.9. The highest BCUT2D eigenvalue weighted by Crippen LogP contribution is 2.35. The van der Waals surface area contributed by atoms with E-state index in [9.17, 15) is 18.4 Å². The van der Waals surface area contributed by atoms with Gasteiger partial charge in [0.1, 0.15) is 17.0 Å². The fourth-order valence-electron chi connectivity index (χ4n) is 6.14. The minimum atomic E-state index is -4.26. The van der Waals surface area contributed by atoms with Gasteiger partial charge in [0.25, 0.3) is 0 Å². The molecule has 2 fully saturated rings. The number of allylic oxidation sites excluding steroid dienone is 1. The van der Waals surface area contributed by atoms with Crippen molar-refractivity contribution in [2.75, 3.05) is 57.4 Å². The number of hydrogen-bond donors (Lipinski definition) is 0. The maximum atomic E-state index is 13.2. The zero-order valence-corrected chi connectivity index (χ0v) is 23.7. The van der Waals surface area contributed by atoms with E-state index >= 15 is 0 Å². The van der Waals surface area contributed by atoms with Gasteiger partial charge >= 0.3 is 6.18 Å². The van der Waals surface area contributed by atoms with Crippen LogP contribution in [0.3, 0.4) is 0 Å². The Morgan fingerprint density at radius 2 is 1.88 bits per heavy atom. The van der Waals surface area contributed by atoms with Gasteiger partial charge in [0.15, 0.2) is 0 Å². The standard InChI is InChI=1S/C30H33F3N6OS/c31-30(32,33)17-26-16-27-28(35-20-36-29(27)41-26)39(8-7-37-9-11-40-12-10-37)25-3-5-38(6-4-25)19-21-1-2-23-14-22(18-34)15-24(23)13-21/h1-2,13,15-16,20,25H,3-12,14,17,19H2. The Bertz CT molecular complexity index is 1450. The van der Waals surface area contributed by atoms with E-state index in [2.05, 4.69) is 48.9 Å². The van der Waals surface area contributed by atoms with Crippen molar-refractivity contribution in [3.63, 3.8) is 0 Å². The maximum absolute atomic E-state index is 13.2. The van der Waals surface area contributed by atoms with Crippen molar-refractivity contribution in [2.24, 2.45) is 0 Å². The quantitative estimate of drug-likeness (QED) is 0.368. The third kappa shape index (κ3) is 6.72. The zero-order chi connectivity index (χ0) is 28.4. The molecule has 2 aliphatic heterocycles. The average Bonchev–Trinajstić information content (AvgIpc) is 3.57. The van der Waals surface area contributed by atoms with E-state index in [0.717, 1.165) is 107 Å². The number of thiophene rings is 1. The van der Waals surface area contributed by atoms with Crippen LogP contribution in [0.2, 0.25) is 0 Å². The molecule has 0 amide bonds. The number of ether oxygens (including phenoxy) is 1. The molecule has 1 aliphatic carbocycles. The van der Waals surface area contributed by atoms with Gasteiger partial charge in [-0.15, -0.1) is 11.3 Å². The van der Waals surface area contributed by atoms with E-state index in [4.69, 9.17) is 4.74 Å². The van der Waals surface area contributed by atoms with Crippen molar-refractivity contribution >= 4 is 33.4 Å². The van der Waals surface area contributed by atoms with Crippen LogP contribution in [-0.4, -0.2) is 84.5 Å². The minimum Gasteiger partial charge on any atom is -0.379 e.